The molecule has 0 aliphatic heterocycles. The first kappa shape index (κ1) is 16.6. The molecule has 2 rings (SSSR count). The van der Waals surface area contributed by atoms with E-state index in [-0.39, 0.29) is 0 Å². The fourth-order valence-electron chi connectivity index (χ4n) is 3.25. The van der Waals surface area contributed by atoms with Crippen molar-refractivity contribution in [2.45, 2.75) is 65.0 Å². The van der Waals surface area contributed by atoms with E-state index >= 15 is 0 Å². The van der Waals surface area contributed by atoms with Crippen LogP contribution in [0.15, 0.2) is 23.0 Å². The highest BCUT2D eigenvalue weighted by atomic mass is 16.3. The summed E-state index contributed by atoms with van der Waals surface area (Å²) in [6.07, 6.45) is 10.1. The summed E-state index contributed by atoms with van der Waals surface area (Å²) >= 11 is 0. The van der Waals surface area contributed by atoms with Crippen molar-refractivity contribution in [1.29, 1.82) is 0 Å². The van der Waals surface area contributed by atoms with Gasteiger partial charge in [0.1, 0.15) is 0 Å². The zero-order chi connectivity index (χ0) is 15.1. The van der Waals surface area contributed by atoms with Gasteiger partial charge in [-0.05, 0) is 63.1 Å². The molecule has 0 saturated heterocycles. The van der Waals surface area contributed by atoms with Crippen LogP contribution in [0.2, 0.25) is 0 Å². The van der Waals surface area contributed by atoms with E-state index in [9.17, 15) is 0 Å². The van der Waals surface area contributed by atoms with Crippen LogP contribution in [-0.4, -0.2) is 19.1 Å². The van der Waals surface area contributed by atoms with Gasteiger partial charge in [0.05, 0.1) is 12.5 Å². The highest BCUT2D eigenvalue weighted by molar-refractivity contribution is 5.12. The topological polar surface area (TPSA) is 37.2 Å². The van der Waals surface area contributed by atoms with Gasteiger partial charge in [-0.15, -0.1) is 0 Å². The molecule has 1 aliphatic rings. The fraction of sp³-hybridized carbons (Fsp3) is 0.778. The van der Waals surface area contributed by atoms with Crippen molar-refractivity contribution in [3.63, 3.8) is 0 Å². The first-order valence-corrected chi connectivity index (χ1v) is 8.75. The SMILES string of the molecule is CCCNC(CC(C)C(NCCC)C1CC1)c1ccoc1. The van der Waals surface area contributed by atoms with E-state index in [2.05, 4.69) is 37.5 Å². The lowest BCUT2D eigenvalue weighted by Gasteiger charge is -2.29. The maximum Gasteiger partial charge on any atom is 0.0950 e. The van der Waals surface area contributed by atoms with Gasteiger partial charge in [0.2, 0.25) is 0 Å². The molecule has 1 aliphatic carbocycles. The molecule has 0 bridgehead atoms. The second-order valence-corrected chi connectivity index (χ2v) is 6.59. The third-order valence-electron chi connectivity index (χ3n) is 4.57. The third-order valence-corrected chi connectivity index (χ3v) is 4.57. The van der Waals surface area contributed by atoms with E-state index in [1.807, 2.05) is 6.26 Å². The van der Waals surface area contributed by atoms with Gasteiger partial charge in [-0.1, -0.05) is 20.8 Å². The molecule has 21 heavy (non-hydrogen) atoms. The van der Waals surface area contributed by atoms with Crippen LogP contribution in [0.4, 0.5) is 0 Å². The van der Waals surface area contributed by atoms with E-state index in [0.717, 1.165) is 19.0 Å². The lowest BCUT2D eigenvalue weighted by Crippen LogP contribution is -2.39. The van der Waals surface area contributed by atoms with Crippen molar-refractivity contribution in [2.75, 3.05) is 13.1 Å². The molecule has 3 nitrogen and oxygen atoms in total. The maximum absolute atomic E-state index is 5.29. The molecule has 1 saturated carbocycles. The van der Waals surface area contributed by atoms with Crippen molar-refractivity contribution in [2.24, 2.45) is 11.8 Å². The second kappa shape index (κ2) is 8.60. The lowest BCUT2D eigenvalue weighted by atomic mass is 9.89. The molecule has 1 fully saturated rings. The number of hydrogen-bond donors (Lipinski definition) is 2. The van der Waals surface area contributed by atoms with E-state index in [4.69, 9.17) is 4.42 Å². The number of nitrogens with one attached hydrogen (secondary N) is 2. The van der Waals surface area contributed by atoms with Crippen molar-refractivity contribution in [3.8, 4) is 0 Å². The summed E-state index contributed by atoms with van der Waals surface area (Å²) in [4.78, 5) is 0. The summed E-state index contributed by atoms with van der Waals surface area (Å²) in [5.74, 6) is 1.59. The Morgan fingerprint density at radius 1 is 1.19 bits per heavy atom. The van der Waals surface area contributed by atoms with Crippen LogP contribution in [0.25, 0.3) is 0 Å². The quantitative estimate of drug-likeness (QED) is 0.644. The molecular formula is C18H32N2O. The van der Waals surface area contributed by atoms with Gasteiger partial charge >= 0.3 is 0 Å². The van der Waals surface area contributed by atoms with Crippen molar-refractivity contribution in [1.82, 2.24) is 10.6 Å². The second-order valence-electron chi connectivity index (χ2n) is 6.59. The van der Waals surface area contributed by atoms with Gasteiger partial charge in [-0.25, -0.2) is 0 Å². The van der Waals surface area contributed by atoms with Gasteiger partial charge in [0.15, 0.2) is 0 Å². The van der Waals surface area contributed by atoms with E-state index < -0.39 is 0 Å². The summed E-state index contributed by atoms with van der Waals surface area (Å²) < 4.78 is 5.29. The average molecular weight is 292 g/mol. The normalized spacial score (nSPS) is 19.4. The lowest BCUT2D eigenvalue weighted by molar-refractivity contribution is 0.292. The van der Waals surface area contributed by atoms with Crippen LogP contribution < -0.4 is 10.6 Å². The first-order chi connectivity index (χ1) is 10.3. The van der Waals surface area contributed by atoms with Gasteiger partial charge in [0.25, 0.3) is 0 Å². The largest absolute Gasteiger partial charge is 0.472 e. The molecular weight excluding hydrogens is 260 g/mol. The van der Waals surface area contributed by atoms with Crippen LogP contribution in [0.3, 0.4) is 0 Å². The molecule has 3 atom stereocenters. The fourth-order valence-corrected chi connectivity index (χ4v) is 3.25. The van der Waals surface area contributed by atoms with Crippen LogP contribution in [-0.2, 0) is 0 Å². The molecule has 1 aromatic heterocycles. The first-order valence-electron chi connectivity index (χ1n) is 8.75. The molecule has 0 amide bonds. The minimum absolute atomic E-state index is 0.420. The van der Waals surface area contributed by atoms with Crippen LogP contribution in [0, 0.1) is 11.8 Å². The van der Waals surface area contributed by atoms with Gasteiger partial charge in [-0.3, -0.25) is 0 Å². The monoisotopic (exact) mass is 292 g/mol. The summed E-state index contributed by atoms with van der Waals surface area (Å²) in [6, 6.07) is 3.21. The number of rotatable bonds is 11. The minimum atomic E-state index is 0.420. The molecule has 1 aromatic rings. The Labute approximate surface area is 129 Å². The molecule has 120 valence electrons. The van der Waals surface area contributed by atoms with E-state index in [0.29, 0.717) is 18.0 Å². The predicted octanol–water partition coefficient (Wildman–Crippen LogP) is 4.12. The Bertz CT molecular complexity index is 373. The van der Waals surface area contributed by atoms with Crippen molar-refractivity contribution < 1.29 is 4.42 Å². The molecule has 3 unspecified atom stereocenters. The smallest absolute Gasteiger partial charge is 0.0950 e. The predicted molar refractivity (Wildman–Crippen MR) is 88.3 cm³/mol. The molecule has 1 heterocycles. The Hall–Kier alpha value is -0.800. The highest BCUT2D eigenvalue weighted by Gasteiger charge is 2.35. The number of hydrogen-bond acceptors (Lipinski definition) is 3. The molecule has 0 radical (unpaired) electrons. The Morgan fingerprint density at radius 3 is 2.48 bits per heavy atom. The summed E-state index contributed by atoms with van der Waals surface area (Å²) in [5, 5.41) is 7.47. The summed E-state index contributed by atoms with van der Waals surface area (Å²) in [7, 11) is 0. The van der Waals surface area contributed by atoms with Crippen LogP contribution in [0.1, 0.15) is 64.5 Å². The Kier molecular flexibility index (Phi) is 6.78. The Balaban J connectivity index is 1.93. The summed E-state index contributed by atoms with van der Waals surface area (Å²) in [5.41, 5.74) is 1.29. The standard InChI is InChI=1S/C18H32N2O/c1-4-9-19-17(16-8-11-21-13-16)12-14(3)18(15-6-7-15)20-10-5-2/h8,11,13-15,17-20H,4-7,9-10,12H2,1-3H3. The third kappa shape index (κ3) is 5.15. The highest BCUT2D eigenvalue weighted by Crippen LogP contribution is 2.38. The molecule has 2 N–H and O–H groups in total. The van der Waals surface area contributed by atoms with Crippen LogP contribution >= 0.6 is 0 Å². The number of furan rings is 1. The maximum atomic E-state index is 5.29. The minimum Gasteiger partial charge on any atom is -0.472 e. The van der Waals surface area contributed by atoms with Gasteiger partial charge < -0.3 is 15.1 Å². The van der Waals surface area contributed by atoms with Crippen molar-refractivity contribution in [3.05, 3.63) is 24.2 Å². The van der Waals surface area contributed by atoms with Crippen LogP contribution in [0.5, 0.6) is 0 Å². The zero-order valence-corrected chi connectivity index (χ0v) is 13.9. The molecule has 3 heteroatoms. The zero-order valence-electron chi connectivity index (χ0n) is 13.9. The average Bonchev–Trinajstić information content (AvgIpc) is 3.17. The molecule has 0 aromatic carbocycles. The van der Waals surface area contributed by atoms with Gasteiger partial charge in [-0.2, -0.15) is 0 Å². The molecule has 0 spiro atoms. The van der Waals surface area contributed by atoms with E-state index in [1.54, 1.807) is 6.26 Å². The summed E-state index contributed by atoms with van der Waals surface area (Å²) in [6.45, 7) is 9.09. The van der Waals surface area contributed by atoms with Gasteiger partial charge in [0, 0.05) is 17.6 Å². The van der Waals surface area contributed by atoms with Crippen molar-refractivity contribution >= 4 is 0 Å². The van der Waals surface area contributed by atoms with E-state index in [1.165, 1.54) is 37.7 Å². The Morgan fingerprint density at radius 2 is 1.90 bits per heavy atom.